The second-order valence-corrected chi connectivity index (χ2v) is 3.42. The molecule has 0 saturated heterocycles. The van der Waals surface area contributed by atoms with Gasteiger partial charge >= 0.3 is 5.97 Å². The number of methoxy groups -OCH3 is 1. The summed E-state index contributed by atoms with van der Waals surface area (Å²) < 4.78 is 5.09. The van der Waals surface area contributed by atoms with E-state index in [-0.39, 0.29) is 6.10 Å². The monoisotopic (exact) mass is 173 g/mol. The van der Waals surface area contributed by atoms with Crippen molar-refractivity contribution in [3.63, 3.8) is 0 Å². The smallest absolute Gasteiger partial charge is 0.323 e. The summed E-state index contributed by atoms with van der Waals surface area (Å²) in [4.78, 5) is 10.8. The van der Waals surface area contributed by atoms with Crippen LogP contribution in [0.2, 0.25) is 0 Å². The number of aliphatic carboxylic acids is 1. The van der Waals surface area contributed by atoms with Crippen molar-refractivity contribution in [1.82, 2.24) is 0 Å². The Kier molecular flexibility index (Phi) is 2.69. The molecule has 0 bridgehead atoms. The Morgan fingerprint density at radius 1 is 1.75 bits per heavy atom. The SMILES string of the molecule is CO[C@H]1CCC[C@](N)(C(=O)O)C1. The standard InChI is InChI=1S/C8H15NO3/c1-12-6-3-2-4-8(9,5-6)7(10)11/h6H,2-5,9H2,1H3,(H,10,11)/t6-,8+/m0/s1. The second-order valence-electron chi connectivity index (χ2n) is 3.42. The fourth-order valence-electron chi connectivity index (χ4n) is 1.65. The number of carboxylic acids is 1. The minimum atomic E-state index is -1.06. The molecule has 0 spiro atoms. The van der Waals surface area contributed by atoms with Crippen molar-refractivity contribution in [2.24, 2.45) is 5.73 Å². The zero-order chi connectivity index (χ0) is 9.19. The van der Waals surface area contributed by atoms with Crippen LogP contribution < -0.4 is 5.73 Å². The summed E-state index contributed by atoms with van der Waals surface area (Å²) in [7, 11) is 1.60. The van der Waals surface area contributed by atoms with E-state index in [1.54, 1.807) is 7.11 Å². The predicted molar refractivity (Wildman–Crippen MR) is 43.8 cm³/mol. The Morgan fingerprint density at radius 2 is 2.42 bits per heavy atom. The second kappa shape index (κ2) is 3.41. The third-order valence-electron chi connectivity index (χ3n) is 2.50. The number of hydrogen-bond acceptors (Lipinski definition) is 3. The molecule has 0 heterocycles. The van der Waals surface area contributed by atoms with Crippen LogP contribution in [0.25, 0.3) is 0 Å². The number of carbonyl (C=O) groups is 1. The van der Waals surface area contributed by atoms with Crippen LogP contribution in [0.15, 0.2) is 0 Å². The van der Waals surface area contributed by atoms with Crippen molar-refractivity contribution in [1.29, 1.82) is 0 Å². The molecule has 0 aliphatic heterocycles. The maximum absolute atomic E-state index is 10.8. The van der Waals surface area contributed by atoms with E-state index in [0.717, 1.165) is 12.8 Å². The zero-order valence-corrected chi connectivity index (χ0v) is 7.25. The van der Waals surface area contributed by atoms with Crippen molar-refractivity contribution < 1.29 is 14.6 Å². The molecule has 12 heavy (non-hydrogen) atoms. The lowest BCUT2D eigenvalue weighted by molar-refractivity contribution is -0.146. The van der Waals surface area contributed by atoms with Crippen LogP contribution >= 0.6 is 0 Å². The maximum atomic E-state index is 10.8. The van der Waals surface area contributed by atoms with Gasteiger partial charge in [0.1, 0.15) is 5.54 Å². The molecule has 0 radical (unpaired) electrons. The van der Waals surface area contributed by atoms with Gasteiger partial charge in [-0.25, -0.2) is 0 Å². The molecule has 1 aliphatic carbocycles. The van der Waals surface area contributed by atoms with Crippen molar-refractivity contribution in [3.05, 3.63) is 0 Å². The Morgan fingerprint density at radius 3 is 2.92 bits per heavy atom. The Bertz CT molecular complexity index is 183. The molecule has 4 heteroatoms. The van der Waals surface area contributed by atoms with Gasteiger partial charge in [-0.2, -0.15) is 0 Å². The highest BCUT2D eigenvalue weighted by Gasteiger charge is 2.39. The molecule has 1 saturated carbocycles. The van der Waals surface area contributed by atoms with E-state index in [4.69, 9.17) is 15.6 Å². The van der Waals surface area contributed by atoms with Crippen LogP contribution in [0.1, 0.15) is 25.7 Å². The highest BCUT2D eigenvalue weighted by atomic mass is 16.5. The molecule has 70 valence electrons. The number of rotatable bonds is 2. The van der Waals surface area contributed by atoms with E-state index < -0.39 is 11.5 Å². The Labute approximate surface area is 71.7 Å². The topological polar surface area (TPSA) is 72.5 Å². The lowest BCUT2D eigenvalue weighted by atomic mass is 9.81. The third-order valence-corrected chi connectivity index (χ3v) is 2.50. The van der Waals surface area contributed by atoms with Crippen molar-refractivity contribution in [2.75, 3.05) is 7.11 Å². The first-order valence-corrected chi connectivity index (χ1v) is 4.13. The number of nitrogens with two attached hydrogens (primary N) is 1. The van der Waals surface area contributed by atoms with Crippen LogP contribution in [0.5, 0.6) is 0 Å². The lowest BCUT2D eigenvalue weighted by Gasteiger charge is -2.33. The van der Waals surface area contributed by atoms with Gasteiger partial charge < -0.3 is 15.6 Å². The minimum Gasteiger partial charge on any atom is -0.480 e. The summed E-state index contributed by atoms with van der Waals surface area (Å²) in [5, 5.41) is 8.83. The molecular formula is C8H15NO3. The molecule has 0 aromatic rings. The fraction of sp³-hybridized carbons (Fsp3) is 0.875. The zero-order valence-electron chi connectivity index (χ0n) is 7.25. The van der Waals surface area contributed by atoms with Gasteiger partial charge in [-0.15, -0.1) is 0 Å². The van der Waals surface area contributed by atoms with Crippen molar-refractivity contribution in [2.45, 2.75) is 37.3 Å². The predicted octanol–water partition coefficient (Wildman–Crippen LogP) is 0.357. The Balaban J connectivity index is 2.61. The first kappa shape index (κ1) is 9.48. The van der Waals surface area contributed by atoms with Crippen LogP contribution in [0.3, 0.4) is 0 Å². The molecular weight excluding hydrogens is 158 g/mol. The van der Waals surface area contributed by atoms with Gasteiger partial charge in [0.25, 0.3) is 0 Å². The van der Waals surface area contributed by atoms with E-state index in [1.165, 1.54) is 0 Å². The average Bonchev–Trinajstić information content (AvgIpc) is 2.04. The quantitative estimate of drug-likeness (QED) is 0.632. The molecule has 0 unspecified atom stereocenters. The molecule has 0 amide bonds. The van der Waals surface area contributed by atoms with E-state index in [1.807, 2.05) is 0 Å². The normalized spacial score (nSPS) is 36.3. The molecule has 2 atom stereocenters. The number of hydrogen-bond donors (Lipinski definition) is 2. The van der Waals surface area contributed by atoms with Crippen molar-refractivity contribution in [3.8, 4) is 0 Å². The first-order chi connectivity index (χ1) is 5.58. The van der Waals surface area contributed by atoms with E-state index in [2.05, 4.69) is 0 Å². The number of ether oxygens (including phenoxy) is 1. The molecule has 1 rings (SSSR count). The van der Waals surface area contributed by atoms with Gasteiger partial charge in [0.2, 0.25) is 0 Å². The van der Waals surface area contributed by atoms with Crippen LogP contribution in [0.4, 0.5) is 0 Å². The third kappa shape index (κ3) is 1.76. The van der Waals surface area contributed by atoms with Crippen LogP contribution in [-0.4, -0.2) is 29.8 Å². The average molecular weight is 173 g/mol. The van der Waals surface area contributed by atoms with Gasteiger partial charge in [-0.1, -0.05) is 0 Å². The fourth-order valence-corrected chi connectivity index (χ4v) is 1.65. The summed E-state index contributed by atoms with van der Waals surface area (Å²) in [6.45, 7) is 0. The van der Waals surface area contributed by atoms with Crippen LogP contribution in [-0.2, 0) is 9.53 Å². The summed E-state index contributed by atoms with van der Waals surface area (Å²) in [5.74, 6) is -0.913. The van der Waals surface area contributed by atoms with E-state index in [0.29, 0.717) is 12.8 Å². The summed E-state index contributed by atoms with van der Waals surface area (Å²) in [6.07, 6.45) is 2.75. The Hall–Kier alpha value is -0.610. The maximum Gasteiger partial charge on any atom is 0.323 e. The summed E-state index contributed by atoms with van der Waals surface area (Å²) in [6, 6.07) is 0. The lowest BCUT2D eigenvalue weighted by Crippen LogP contribution is -2.52. The highest BCUT2D eigenvalue weighted by molar-refractivity contribution is 5.78. The minimum absolute atomic E-state index is 0.0137. The van der Waals surface area contributed by atoms with Crippen LogP contribution in [0, 0.1) is 0 Å². The van der Waals surface area contributed by atoms with E-state index >= 15 is 0 Å². The first-order valence-electron chi connectivity index (χ1n) is 4.13. The molecule has 0 aromatic carbocycles. The molecule has 0 aromatic heterocycles. The largest absolute Gasteiger partial charge is 0.480 e. The van der Waals surface area contributed by atoms with Gasteiger partial charge in [0.05, 0.1) is 6.10 Å². The van der Waals surface area contributed by atoms with Gasteiger partial charge in [-0.3, -0.25) is 4.79 Å². The number of carboxylic acid groups (broad SMARTS) is 1. The molecule has 1 aliphatic rings. The summed E-state index contributed by atoms with van der Waals surface area (Å²) in [5.41, 5.74) is 4.63. The van der Waals surface area contributed by atoms with E-state index in [9.17, 15) is 4.79 Å². The van der Waals surface area contributed by atoms with Crippen molar-refractivity contribution >= 4 is 5.97 Å². The van der Waals surface area contributed by atoms with Gasteiger partial charge in [0, 0.05) is 13.5 Å². The highest BCUT2D eigenvalue weighted by Crippen LogP contribution is 2.27. The van der Waals surface area contributed by atoms with Gasteiger partial charge in [-0.05, 0) is 19.3 Å². The molecule has 3 N–H and O–H groups in total. The summed E-state index contributed by atoms with van der Waals surface area (Å²) >= 11 is 0. The van der Waals surface area contributed by atoms with Gasteiger partial charge in [0.15, 0.2) is 0 Å². The molecule has 1 fully saturated rings. The molecule has 4 nitrogen and oxygen atoms in total.